The highest BCUT2D eigenvalue weighted by Crippen LogP contribution is 2.29. The second kappa shape index (κ2) is 8.78. The fraction of sp³-hybridized carbons (Fsp3) is 0.409. The molecule has 2 aromatic heterocycles. The summed E-state index contributed by atoms with van der Waals surface area (Å²) in [6.45, 7) is 4.36. The predicted octanol–water partition coefficient (Wildman–Crippen LogP) is 2.21. The lowest BCUT2D eigenvalue weighted by Crippen LogP contribution is -2.47. The number of imidazole rings is 1. The number of carbonyl (C=O) groups is 1. The molecule has 0 aliphatic carbocycles. The number of aliphatic imine (C=N–C) groups is 1. The van der Waals surface area contributed by atoms with Gasteiger partial charge in [-0.25, -0.2) is 19.3 Å². The van der Waals surface area contributed by atoms with E-state index in [4.69, 9.17) is 4.99 Å². The molecule has 0 spiro atoms. The van der Waals surface area contributed by atoms with Gasteiger partial charge in [0.05, 0.1) is 12.0 Å². The monoisotopic (exact) mass is 454 g/mol. The van der Waals surface area contributed by atoms with Crippen molar-refractivity contribution in [3.05, 3.63) is 57.0 Å². The standard InChI is InChI=1S/C22H26N6O3S/c1-14(2)15-8-5-6-9-16(15)24-21-27(10-7-11-32-21)17(29)12-28-20(30)18-19(23-13-25(18)3)26(4)22(28)31/h5-6,8-9,13-14H,7,10-12H2,1-4H3. The molecule has 1 saturated heterocycles. The molecule has 1 aliphatic rings. The average molecular weight is 455 g/mol. The van der Waals surface area contributed by atoms with E-state index in [1.165, 1.54) is 22.7 Å². The van der Waals surface area contributed by atoms with Crippen molar-refractivity contribution in [2.24, 2.45) is 19.1 Å². The van der Waals surface area contributed by atoms with Crippen molar-refractivity contribution in [3.63, 3.8) is 0 Å². The van der Waals surface area contributed by atoms with Crippen molar-refractivity contribution >= 4 is 39.7 Å². The van der Waals surface area contributed by atoms with E-state index >= 15 is 0 Å². The van der Waals surface area contributed by atoms with E-state index < -0.39 is 11.2 Å². The minimum absolute atomic E-state index is 0.285. The van der Waals surface area contributed by atoms with Crippen LogP contribution in [0.3, 0.4) is 0 Å². The van der Waals surface area contributed by atoms with E-state index in [0.29, 0.717) is 23.3 Å². The topological polar surface area (TPSA) is 94.5 Å². The van der Waals surface area contributed by atoms with Gasteiger partial charge in [-0.1, -0.05) is 43.8 Å². The van der Waals surface area contributed by atoms with Crippen LogP contribution in [-0.4, -0.2) is 47.0 Å². The zero-order chi connectivity index (χ0) is 23.0. The smallest absolute Gasteiger partial charge is 0.328 e. The third kappa shape index (κ3) is 3.90. The first-order chi connectivity index (χ1) is 15.3. The fourth-order valence-corrected chi connectivity index (χ4v) is 4.79. The number of fused-ring (bicyclic) bond motifs is 1. The zero-order valence-corrected chi connectivity index (χ0v) is 19.4. The molecule has 1 amide bonds. The number of benzene rings is 1. The van der Waals surface area contributed by atoms with E-state index in [1.807, 2.05) is 24.3 Å². The molecule has 9 nitrogen and oxygen atoms in total. The van der Waals surface area contributed by atoms with Crippen molar-refractivity contribution in [2.75, 3.05) is 12.3 Å². The summed E-state index contributed by atoms with van der Waals surface area (Å²) >= 11 is 1.51. The number of carbonyl (C=O) groups excluding carboxylic acids is 1. The van der Waals surface area contributed by atoms with Gasteiger partial charge in [-0.15, -0.1) is 0 Å². The normalized spacial score (nSPS) is 15.8. The highest BCUT2D eigenvalue weighted by Gasteiger charge is 2.26. The van der Waals surface area contributed by atoms with Gasteiger partial charge in [-0.2, -0.15) is 0 Å². The van der Waals surface area contributed by atoms with Crippen LogP contribution < -0.4 is 11.2 Å². The predicted molar refractivity (Wildman–Crippen MR) is 127 cm³/mol. The van der Waals surface area contributed by atoms with Crippen LogP contribution in [0.2, 0.25) is 0 Å². The molecule has 0 bridgehead atoms. The molecular formula is C22H26N6O3S. The number of thioether (sulfide) groups is 1. The third-order valence-corrected chi connectivity index (χ3v) is 6.62. The van der Waals surface area contributed by atoms with Gasteiger partial charge in [-0.3, -0.25) is 19.1 Å². The van der Waals surface area contributed by atoms with Gasteiger partial charge in [0, 0.05) is 26.4 Å². The van der Waals surface area contributed by atoms with Crippen LogP contribution in [0.5, 0.6) is 0 Å². The SMILES string of the molecule is CC(C)c1ccccc1N=C1SCCCN1C(=O)Cn1c(=O)c2c(ncn2C)n(C)c1=O. The van der Waals surface area contributed by atoms with Gasteiger partial charge in [0.2, 0.25) is 5.91 Å². The van der Waals surface area contributed by atoms with E-state index in [-0.39, 0.29) is 18.0 Å². The van der Waals surface area contributed by atoms with Crippen LogP contribution in [0.25, 0.3) is 11.2 Å². The van der Waals surface area contributed by atoms with Crippen LogP contribution in [0, 0.1) is 0 Å². The van der Waals surface area contributed by atoms with Gasteiger partial charge in [0.25, 0.3) is 5.56 Å². The van der Waals surface area contributed by atoms with Crippen molar-refractivity contribution in [2.45, 2.75) is 32.7 Å². The fourth-order valence-electron chi connectivity index (χ4n) is 3.82. The molecule has 0 saturated carbocycles. The van der Waals surface area contributed by atoms with Crippen molar-refractivity contribution in [1.82, 2.24) is 23.6 Å². The molecule has 0 atom stereocenters. The van der Waals surface area contributed by atoms with Crippen molar-refractivity contribution in [3.8, 4) is 0 Å². The molecule has 0 radical (unpaired) electrons. The lowest BCUT2D eigenvalue weighted by Gasteiger charge is -2.28. The van der Waals surface area contributed by atoms with Gasteiger partial charge in [0.1, 0.15) is 6.54 Å². The maximum Gasteiger partial charge on any atom is 0.332 e. The molecule has 3 heterocycles. The number of aryl methyl sites for hydroxylation is 2. The van der Waals surface area contributed by atoms with Gasteiger partial charge in [-0.05, 0) is 24.0 Å². The highest BCUT2D eigenvalue weighted by atomic mass is 32.2. The Balaban J connectivity index is 1.71. The Morgan fingerprint density at radius 1 is 1.22 bits per heavy atom. The number of amides is 1. The molecule has 0 N–H and O–H groups in total. The van der Waals surface area contributed by atoms with Crippen LogP contribution in [0.1, 0.15) is 31.7 Å². The second-order valence-electron chi connectivity index (χ2n) is 8.12. The zero-order valence-electron chi connectivity index (χ0n) is 18.6. The Kier molecular flexibility index (Phi) is 6.05. The molecule has 32 heavy (non-hydrogen) atoms. The molecule has 168 valence electrons. The quantitative estimate of drug-likeness (QED) is 0.602. The molecule has 1 fully saturated rings. The molecule has 1 aromatic carbocycles. The summed E-state index contributed by atoms with van der Waals surface area (Å²) in [4.78, 5) is 49.5. The van der Waals surface area contributed by atoms with Gasteiger partial charge < -0.3 is 4.57 Å². The first-order valence-corrected chi connectivity index (χ1v) is 11.5. The van der Waals surface area contributed by atoms with E-state index in [9.17, 15) is 14.4 Å². The molecule has 4 rings (SSSR count). The summed E-state index contributed by atoms with van der Waals surface area (Å²) in [7, 11) is 3.23. The number of para-hydroxylation sites is 1. The molecule has 1 aliphatic heterocycles. The minimum atomic E-state index is -0.567. The molecule has 10 heteroatoms. The lowest BCUT2D eigenvalue weighted by atomic mass is 10.0. The first-order valence-electron chi connectivity index (χ1n) is 10.5. The second-order valence-corrected chi connectivity index (χ2v) is 9.18. The summed E-state index contributed by atoms with van der Waals surface area (Å²) < 4.78 is 3.83. The van der Waals surface area contributed by atoms with Crippen molar-refractivity contribution < 1.29 is 4.79 Å². The maximum absolute atomic E-state index is 13.3. The molecular weight excluding hydrogens is 428 g/mol. The largest absolute Gasteiger partial charge is 0.332 e. The summed E-state index contributed by atoms with van der Waals surface area (Å²) in [6.07, 6.45) is 2.30. The summed E-state index contributed by atoms with van der Waals surface area (Å²) in [6, 6.07) is 7.89. The summed E-state index contributed by atoms with van der Waals surface area (Å²) in [5.74, 6) is 0.814. The molecule has 0 unspecified atom stereocenters. The number of hydrogen-bond acceptors (Lipinski definition) is 6. The van der Waals surface area contributed by atoms with Crippen molar-refractivity contribution in [1.29, 1.82) is 0 Å². The average Bonchev–Trinajstić information content (AvgIpc) is 3.17. The Bertz CT molecular complexity index is 1330. The van der Waals surface area contributed by atoms with Gasteiger partial charge in [0.15, 0.2) is 16.3 Å². The minimum Gasteiger partial charge on any atom is -0.328 e. The Morgan fingerprint density at radius 3 is 2.72 bits per heavy atom. The van der Waals surface area contributed by atoms with Crippen LogP contribution in [0.4, 0.5) is 5.69 Å². The van der Waals surface area contributed by atoms with E-state index in [2.05, 4.69) is 18.8 Å². The van der Waals surface area contributed by atoms with E-state index in [0.717, 1.165) is 28.0 Å². The van der Waals surface area contributed by atoms with Crippen LogP contribution >= 0.6 is 11.8 Å². The number of rotatable bonds is 4. The number of aromatic nitrogens is 4. The highest BCUT2D eigenvalue weighted by molar-refractivity contribution is 8.13. The lowest BCUT2D eigenvalue weighted by molar-refractivity contribution is -0.128. The third-order valence-electron chi connectivity index (χ3n) is 5.56. The maximum atomic E-state index is 13.3. The molecule has 3 aromatic rings. The number of hydrogen-bond donors (Lipinski definition) is 0. The summed E-state index contributed by atoms with van der Waals surface area (Å²) in [5.41, 5.74) is 1.42. The summed E-state index contributed by atoms with van der Waals surface area (Å²) in [5, 5.41) is 0.598. The Labute approximate surface area is 189 Å². The number of nitrogens with zero attached hydrogens (tertiary/aromatic N) is 6. The Hall–Kier alpha value is -3.14. The number of amidine groups is 1. The van der Waals surface area contributed by atoms with E-state index in [1.54, 1.807) is 23.6 Å². The van der Waals surface area contributed by atoms with Gasteiger partial charge >= 0.3 is 5.69 Å². The Morgan fingerprint density at radius 2 is 1.97 bits per heavy atom. The van der Waals surface area contributed by atoms with Crippen LogP contribution in [-0.2, 0) is 25.4 Å². The first kappa shape index (κ1) is 22.1. The van der Waals surface area contributed by atoms with Crippen LogP contribution in [0.15, 0.2) is 45.2 Å².